The van der Waals surface area contributed by atoms with Crippen molar-refractivity contribution in [3.8, 4) is 11.5 Å². The van der Waals surface area contributed by atoms with Crippen LogP contribution in [0.15, 0.2) is 42.5 Å². The van der Waals surface area contributed by atoms with Gasteiger partial charge in [0.25, 0.3) is 0 Å². The summed E-state index contributed by atoms with van der Waals surface area (Å²) in [4.78, 5) is 14.3. The molecule has 1 amide bonds. The predicted octanol–water partition coefficient (Wildman–Crippen LogP) is 4.18. The Hall–Kier alpha value is -2.74. The SMILES string of the molecule is COc1ccc(OC)c(NC(=O)C(C)N(C)Cc2ccc(C(F)(F)F)cc2)c1. The highest BCUT2D eigenvalue weighted by Gasteiger charge is 2.30. The minimum atomic E-state index is -4.37. The molecule has 1 N–H and O–H groups in total. The number of benzene rings is 2. The number of anilines is 1. The maximum atomic E-state index is 12.7. The third-order valence-electron chi connectivity index (χ3n) is 4.42. The maximum absolute atomic E-state index is 12.7. The molecule has 0 aliphatic rings. The molecule has 1 unspecified atom stereocenters. The second-order valence-corrected chi connectivity index (χ2v) is 6.34. The summed E-state index contributed by atoms with van der Waals surface area (Å²) in [6, 6.07) is 9.42. The van der Waals surface area contributed by atoms with Crippen molar-refractivity contribution in [2.24, 2.45) is 0 Å². The first kappa shape index (κ1) is 21.6. The maximum Gasteiger partial charge on any atom is 0.416 e. The summed E-state index contributed by atoms with van der Waals surface area (Å²) < 4.78 is 48.4. The van der Waals surface area contributed by atoms with Crippen LogP contribution in [0.2, 0.25) is 0 Å². The molecule has 0 bridgehead atoms. The number of alkyl halides is 3. The first-order valence-electron chi connectivity index (χ1n) is 8.55. The summed E-state index contributed by atoms with van der Waals surface area (Å²) in [5.74, 6) is 0.787. The molecule has 28 heavy (non-hydrogen) atoms. The number of hydrogen-bond donors (Lipinski definition) is 1. The average Bonchev–Trinajstić information content (AvgIpc) is 2.66. The van der Waals surface area contributed by atoms with Crippen molar-refractivity contribution in [1.29, 1.82) is 0 Å². The van der Waals surface area contributed by atoms with Crippen LogP contribution < -0.4 is 14.8 Å². The molecule has 0 aromatic heterocycles. The number of nitrogens with one attached hydrogen (secondary N) is 1. The summed E-state index contributed by atoms with van der Waals surface area (Å²) in [5.41, 5.74) is 0.450. The standard InChI is InChI=1S/C20H23F3N2O3/c1-13(19(26)24-17-11-16(27-3)9-10-18(17)28-4)25(2)12-14-5-7-15(8-6-14)20(21,22)23/h5-11,13H,12H2,1-4H3,(H,24,26). The molecular formula is C20H23F3N2O3. The van der Waals surface area contributed by atoms with Crippen molar-refractivity contribution in [2.75, 3.05) is 26.6 Å². The molecule has 5 nitrogen and oxygen atoms in total. The second-order valence-electron chi connectivity index (χ2n) is 6.34. The summed E-state index contributed by atoms with van der Waals surface area (Å²) >= 11 is 0. The van der Waals surface area contributed by atoms with Crippen LogP contribution in [0.5, 0.6) is 11.5 Å². The van der Waals surface area contributed by atoms with Gasteiger partial charge in [-0.2, -0.15) is 13.2 Å². The van der Waals surface area contributed by atoms with Crippen molar-refractivity contribution in [1.82, 2.24) is 4.90 Å². The van der Waals surface area contributed by atoms with E-state index in [0.29, 0.717) is 29.3 Å². The largest absolute Gasteiger partial charge is 0.497 e. The molecule has 0 saturated carbocycles. The summed E-state index contributed by atoms with van der Waals surface area (Å²) in [6.45, 7) is 2.04. The van der Waals surface area contributed by atoms with Crippen molar-refractivity contribution in [3.05, 3.63) is 53.6 Å². The lowest BCUT2D eigenvalue weighted by molar-refractivity contribution is -0.137. The normalized spacial score (nSPS) is 12.6. The Labute approximate surface area is 162 Å². The van der Waals surface area contributed by atoms with E-state index in [1.165, 1.54) is 26.4 Å². The second kappa shape index (κ2) is 8.97. The van der Waals surface area contributed by atoms with Crippen LogP contribution >= 0.6 is 0 Å². The van der Waals surface area contributed by atoms with Crippen LogP contribution in [0, 0.1) is 0 Å². The van der Waals surface area contributed by atoms with E-state index in [4.69, 9.17) is 9.47 Å². The molecule has 8 heteroatoms. The van der Waals surface area contributed by atoms with E-state index in [-0.39, 0.29) is 5.91 Å². The van der Waals surface area contributed by atoms with Crippen LogP contribution in [-0.4, -0.2) is 38.1 Å². The number of carbonyl (C=O) groups excluding carboxylic acids is 1. The van der Waals surface area contributed by atoms with E-state index >= 15 is 0 Å². The van der Waals surface area contributed by atoms with Gasteiger partial charge in [0.2, 0.25) is 5.91 Å². The van der Waals surface area contributed by atoms with Crippen molar-refractivity contribution >= 4 is 11.6 Å². The van der Waals surface area contributed by atoms with Gasteiger partial charge >= 0.3 is 6.18 Å². The molecule has 2 rings (SSSR count). The minimum Gasteiger partial charge on any atom is -0.497 e. The van der Waals surface area contributed by atoms with E-state index in [2.05, 4.69) is 5.32 Å². The molecule has 0 fully saturated rings. The van der Waals surface area contributed by atoms with Crippen LogP contribution in [0.3, 0.4) is 0 Å². The van der Waals surface area contributed by atoms with Gasteiger partial charge in [0.1, 0.15) is 11.5 Å². The molecule has 0 aliphatic carbocycles. The average molecular weight is 396 g/mol. The highest BCUT2D eigenvalue weighted by atomic mass is 19.4. The number of nitrogens with zero attached hydrogens (tertiary/aromatic N) is 1. The Morgan fingerprint density at radius 1 is 1.11 bits per heavy atom. The number of carbonyl (C=O) groups is 1. The lowest BCUT2D eigenvalue weighted by atomic mass is 10.1. The zero-order valence-corrected chi connectivity index (χ0v) is 16.1. The molecule has 1 atom stereocenters. The fraction of sp³-hybridized carbons (Fsp3) is 0.350. The third kappa shape index (κ3) is 5.39. The van der Waals surface area contributed by atoms with Gasteiger partial charge in [-0.1, -0.05) is 12.1 Å². The van der Waals surface area contributed by atoms with Crippen molar-refractivity contribution in [2.45, 2.75) is 25.7 Å². The van der Waals surface area contributed by atoms with Gasteiger partial charge < -0.3 is 14.8 Å². The Bertz CT molecular complexity index is 807. The summed E-state index contributed by atoms with van der Waals surface area (Å²) in [5, 5.41) is 2.80. The Morgan fingerprint density at radius 2 is 1.75 bits per heavy atom. The molecule has 0 spiro atoms. The van der Waals surface area contributed by atoms with Gasteiger partial charge in [0.05, 0.1) is 31.5 Å². The first-order chi connectivity index (χ1) is 13.2. The van der Waals surface area contributed by atoms with Crippen LogP contribution in [0.1, 0.15) is 18.1 Å². The Kier molecular flexibility index (Phi) is 6.90. The number of likely N-dealkylation sites (N-methyl/N-ethyl adjacent to an activating group) is 1. The monoisotopic (exact) mass is 396 g/mol. The number of halogens is 3. The Morgan fingerprint density at radius 3 is 2.29 bits per heavy atom. The molecule has 2 aromatic carbocycles. The van der Waals surface area contributed by atoms with Crippen molar-refractivity contribution < 1.29 is 27.4 Å². The van der Waals surface area contributed by atoms with E-state index < -0.39 is 17.8 Å². The van der Waals surface area contributed by atoms with Gasteiger partial charge in [-0.05, 0) is 43.8 Å². The molecule has 0 radical (unpaired) electrons. The summed E-state index contributed by atoms with van der Waals surface area (Å²) in [6.07, 6.45) is -4.37. The van der Waals surface area contributed by atoms with Crippen LogP contribution in [0.25, 0.3) is 0 Å². The number of rotatable bonds is 7. The lowest BCUT2D eigenvalue weighted by Gasteiger charge is -2.24. The van der Waals surface area contributed by atoms with E-state index in [0.717, 1.165) is 12.1 Å². The quantitative estimate of drug-likeness (QED) is 0.763. The van der Waals surface area contributed by atoms with Gasteiger partial charge in [-0.3, -0.25) is 9.69 Å². The molecule has 0 aliphatic heterocycles. The van der Waals surface area contributed by atoms with Crippen LogP contribution in [0.4, 0.5) is 18.9 Å². The minimum absolute atomic E-state index is 0.277. The van der Waals surface area contributed by atoms with Gasteiger partial charge in [-0.25, -0.2) is 0 Å². The van der Waals surface area contributed by atoms with E-state index in [1.807, 2.05) is 0 Å². The predicted molar refractivity (Wildman–Crippen MR) is 101 cm³/mol. The first-order valence-corrected chi connectivity index (χ1v) is 8.55. The van der Waals surface area contributed by atoms with Crippen molar-refractivity contribution in [3.63, 3.8) is 0 Å². The highest BCUT2D eigenvalue weighted by molar-refractivity contribution is 5.96. The molecule has 0 heterocycles. The number of methoxy groups -OCH3 is 2. The topological polar surface area (TPSA) is 50.8 Å². The molecule has 152 valence electrons. The van der Waals surface area contributed by atoms with Crippen LogP contribution in [-0.2, 0) is 17.5 Å². The fourth-order valence-corrected chi connectivity index (χ4v) is 2.57. The molecular weight excluding hydrogens is 373 g/mol. The number of amides is 1. The van der Waals surface area contributed by atoms with Gasteiger partial charge in [-0.15, -0.1) is 0 Å². The third-order valence-corrected chi connectivity index (χ3v) is 4.42. The zero-order chi connectivity index (χ0) is 20.9. The zero-order valence-electron chi connectivity index (χ0n) is 16.1. The number of ether oxygens (including phenoxy) is 2. The Balaban J connectivity index is 2.04. The molecule has 2 aromatic rings. The highest BCUT2D eigenvalue weighted by Crippen LogP contribution is 2.30. The van der Waals surface area contributed by atoms with E-state index in [1.54, 1.807) is 37.1 Å². The van der Waals surface area contributed by atoms with E-state index in [9.17, 15) is 18.0 Å². The van der Waals surface area contributed by atoms with Gasteiger partial charge in [0.15, 0.2) is 0 Å². The smallest absolute Gasteiger partial charge is 0.416 e. The number of hydrogen-bond acceptors (Lipinski definition) is 4. The summed E-state index contributed by atoms with van der Waals surface area (Å²) in [7, 11) is 4.75. The molecule has 0 saturated heterocycles. The fourth-order valence-electron chi connectivity index (χ4n) is 2.57. The van der Waals surface area contributed by atoms with Gasteiger partial charge in [0, 0.05) is 12.6 Å². The lowest BCUT2D eigenvalue weighted by Crippen LogP contribution is -2.39.